The van der Waals surface area contributed by atoms with Gasteiger partial charge >= 0.3 is 5.69 Å². The van der Waals surface area contributed by atoms with E-state index >= 15 is 0 Å². The number of ether oxygens (including phenoxy) is 1. The molecule has 1 aliphatic rings. The topological polar surface area (TPSA) is 104 Å². The van der Waals surface area contributed by atoms with Crippen molar-refractivity contribution in [1.29, 1.82) is 0 Å². The van der Waals surface area contributed by atoms with E-state index in [1.54, 1.807) is 12.1 Å². The highest BCUT2D eigenvalue weighted by Gasteiger charge is 2.29. The smallest absolute Gasteiger partial charge is 0.347 e. The Labute approximate surface area is 155 Å². The van der Waals surface area contributed by atoms with Gasteiger partial charge in [-0.1, -0.05) is 30.9 Å². The molecule has 1 fully saturated rings. The molecule has 1 aromatic carbocycles. The molecule has 1 aromatic heterocycles. The zero-order valence-electron chi connectivity index (χ0n) is 14.1. The van der Waals surface area contributed by atoms with E-state index in [-0.39, 0.29) is 28.9 Å². The SMILES string of the molecule is O=C(NCC1(O)CCCCC1)c1cc(Oc2ccnc(=O)[nH]2)ccc1Cl. The molecule has 0 radical (unpaired) electrons. The predicted octanol–water partition coefficient (Wildman–Crippen LogP) is 2.64. The lowest BCUT2D eigenvalue weighted by atomic mass is 9.85. The lowest BCUT2D eigenvalue weighted by molar-refractivity contribution is 0.00526. The van der Waals surface area contributed by atoms with Crippen LogP contribution < -0.4 is 15.7 Å². The Hall–Kier alpha value is -2.38. The minimum Gasteiger partial charge on any atom is -0.441 e. The predicted molar refractivity (Wildman–Crippen MR) is 96.8 cm³/mol. The number of H-pyrrole nitrogens is 1. The van der Waals surface area contributed by atoms with Crippen molar-refractivity contribution < 1.29 is 14.6 Å². The van der Waals surface area contributed by atoms with E-state index in [0.717, 1.165) is 19.3 Å². The molecule has 138 valence electrons. The zero-order valence-corrected chi connectivity index (χ0v) is 14.9. The van der Waals surface area contributed by atoms with Crippen molar-refractivity contribution in [2.24, 2.45) is 0 Å². The number of aromatic nitrogens is 2. The normalized spacial score (nSPS) is 16.1. The number of rotatable bonds is 5. The van der Waals surface area contributed by atoms with Gasteiger partial charge in [-0.25, -0.2) is 9.78 Å². The minimum absolute atomic E-state index is 0.185. The minimum atomic E-state index is -0.856. The highest BCUT2D eigenvalue weighted by atomic mass is 35.5. The standard InChI is InChI=1S/C18H20ClN3O4/c19-14-5-4-12(26-15-6-9-20-17(24)22-15)10-13(14)16(23)21-11-18(25)7-2-1-3-8-18/h4-6,9-10,25H,1-3,7-8,11H2,(H,21,23)(H,20,22,24). The highest BCUT2D eigenvalue weighted by Crippen LogP contribution is 2.28. The van der Waals surface area contributed by atoms with Gasteiger partial charge in [0, 0.05) is 18.8 Å². The number of amides is 1. The summed E-state index contributed by atoms with van der Waals surface area (Å²) in [6.45, 7) is 0.185. The molecule has 3 rings (SSSR count). The summed E-state index contributed by atoms with van der Waals surface area (Å²) in [5.41, 5.74) is -1.15. The lowest BCUT2D eigenvalue weighted by Crippen LogP contribution is -2.44. The van der Waals surface area contributed by atoms with E-state index < -0.39 is 11.3 Å². The fraction of sp³-hybridized carbons (Fsp3) is 0.389. The second-order valence-corrected chi connectivity index (χ2v) is 6.86. The first-order valence-electron chi connectivity index (χ1n) is 8.49. The van der Waals surface area contributed by atoms with Crippen LogP contribution in [0, 0.1) is 0 Å². The van der Waals surface area contributed by atoms with Crippen molar-refractivity contribution in [3.8, 4) is 11.6 Å². The van der Waals surface area contributed by atoms with Crippen LogP contribution in [-0.4, -0.2) is 33.1 Å². The van der Waals surface area contributed by atoms with Crippen LogP contribution in [0.3, 0.4) is 0 Å². The zero-order chi connectivity index (χ0) is 18.6. The summed E-state index contributed by atoms with van der Waals surface area (Å²) in [7, 11) is 0. The average molecular weight is 378 g/mol. The number of carbonyl (C=O) groups is 1. The first-order chi connectivity index (χ1) is 12.5. The summed E-state index contributed by atoms with van der Waals surface area (Å²) in [6, 6.07) is 6.11. The van der Waals surface area contributed by atoms with Crippen LogP contribution in [0.4, 0.5) is 0 Å². The molecule has 0 spiro atoms. The number of aliphatic hydroxyl groups is 1. The van der Waals surface area contributed by atoms with Crippen molar-refractivity contribution in [2.45, 2.75) is 37.7 Å². The van der Waals surface area contributed by atoms with Gasteiger partial charge < -0.3 is 15.2 Å². The number of hydrogen-bond acceptors (Lipinski definition) is 5. The Kier molecular flexibility index (Phi) is 5.58. The number of benzene rings is 1. The van der Waals surface area contributed by atoms with Crippen molar-refractivity contribution in [1.82, 2.24) is 15.3 Å². The molecule has 0 atom stereocenters. The quantitative estimate of drug-likeness (QED) is 0.743. The summed E-state index contributed by atoms with van der Waals surface area (Å²) in [4.78, 5) is 29.7. The Morgan fingerprint density at radius 1 is 1.31 bits per heavy atom. The molecule has 8 heteroatoms. The van der Waals surface area contributed by atoms with Gasteiger partial charge in [-0.15, -0.1) is 0 Å². The number of aromatic amines is 1. The maximum absolute atomic E-state index is 12.5. The molecule has 3 N–H and O–H groups in total. The molecule has 1 saturated carbocycles. The number of nitrogens with one attached hydrogen (secondary N) is 2. The number of nitrogens with zero attached hydrogens (tertiary/aromatic N) is 1. The van der Waals surface area contributed by atoms with Crippen molar-refractivity contribution in [2.75, 3.05) is 6.54 Å². The fourth-order valence-electron chi connectivity index (χ4n) is 3.01. The Morgan fingerprint density at radius 2 is 2.08 bits per heavy atom. The Balaban J connectivity index is 1.70. The van der Waals surface area contributed by atoms with Gasteiger partial charge in [0.25, 0.3) is 5.91 Å². The fourth-order valence-corrected chi connectivity index (χ4v) is 3.21. The maximum atomic E-state index is 12.5. The van der Waals surface area contributed by atoms with E-state index in [9.17, 15) is 14.7 Å². The maximum Gasteiger partial charge on any atom is 0.347 e. The molecule has 0 bridgehead atoms. The van der Waals surface area contributed by atoms with Crippen LogP contribution in [0.15, 0.2) is 35.3 Å². The number of halogens is 1. The summed E-state index contributed by atoms with van der Waals surface area (Å²) in [6.07, 6.45) is 5.71. The second kappa shape index (κ2) is 7.88. The van der Waals surface area contributed by atoms with Crippen molar-refractivity contribution >= 4 is 17.5 Å². The number of hydrogen-bond donors (Lipinski definition) is 3. The molecule has 26 heavy (non-hydrogen) atoms. The van der Waals surface area contributed by atoms with E-state index in [1.165, 1.54) is 18.3 Å². The molecular weight excluding hydrogens is 358 g/mol. The van der Waals surface area contributed by atoms with Crippen LogP contribution in [0.2, 0.25) is 5.02 Å². The van der Waals surface area contributed by atoms with Crippen LogP contribution in [-0.2, 0) is 0 Å². The molecular formula is C18H20ClN3O4. The number of carbonyl (C=O) groups excluding carboxylic acids is 1. The second-order valence-electron chi connectivity index (χ2n) is 6.45. The van der Waals surface area contributed by atoms with Crippen LogP contribution >= 0.6 is 11.6 Å². The van der Waals surface area contributed by atoms with Crippen LogP contribution in [0.1, 0.15) is 42.5 Å². The highest BCUT2D eigenvalue weighted by molar-refractivity contribution is 6.33. The largest absolute Gasteiger partial charge is 0.441 e. The molecule has 1 heterocycles. The summed E-state index contributed by atoms with van der Waals surface area (Å²) >= 11 is 6.13. The van der Waals surface area contributed by atoms with Gasteiger partial charge in [0.05, 0.1) is 16.2 Å². The van der Waals surface area contributed by atoms with Crippen molar-refractivity contribution in [3.63, 3.8) is 0 Å². The Morgan fingerprint density at radius 3 is 2.81 bits per heavy atom. The molecule has 1 amide bonds. The van der Waals surface area contributed by atoms with E-state index in [0.29, 0.717) is 18.6 Å². The summed E-state index contributed by atoms with van der Waals surface area (Å²) in [5, 5.41) is 13.5. The Bertz CT molecular complexity index is 846. The van der Waals surface area contributed by atoms with E-state index in [4.69, 9.17) is 16.3 Å². The monoisotopic (exact) mass is 377 g/mol. The molecule has 0 aliphatic heterocycles. The van der Waals surface area contributed by atoms with E-state index in [1.807, 2.05) is 0 Å². The molecule has 1 aliphatic carbocycles. The lowest BCUT2D eigenvalue weighted by Gasteiger charge is -2.32. The van der Waals surface area contributed by atoms with E-state index in [2.05, 4.69) is 15.3 Å². The molecule has 0 unspecified atom stereocenters. The summed E-state index contributed by atoms with van der Waals surface area (Å²) in [5.74, 6) is 0.163. The molecule has 0 saturated heterocycles. The first kappa shape index (κ1) is 18.4. The summed E-state index contributed by atoms with van der Waals surface area (Å²) < 4.78 is 5.54. The van der Waals surface area contributed by atoms with Crippen LogP contribution in [0.25, 0.3) is 0 Å². The van der Waals surface area contributed by atoms with Crippen molar-refractivity contribution in [3.05, 3.63) is 51.5 Å². The van der Waals surface area contributed by atoms with Gasteiger partial charge in [0.1, 0.15) is 5.75 Å². The average Bonchev–Trinajstić information content (AvgIpc) is 2.62. The van der Waals surface area contributed by atoms with Gasteiger partial charge in [-0.05, 0) is 31.0 Å². The third-order valence-electron chi connectivity index (χ3n) is 4.42. The van der Waals surface area contributed by atoms with Crippen LogP contribution in [0.5, 0.6) is 11.6 Å². The third-order valence-corrected chi connectivity index (χ3v) is 4.75. The van der Waals surface area contributed by atoms with Gasteiger partial charge in [0.15, 0.2) is 0 Å². The third kappa shape index (κ3) is 4.62. The van der Waals surface area contributed by atoms with Gasteiger partial charge in [0.2, 0.25) is 5.88 Å². The molecule has 7 nitrogen and oxygen atoms in total. The van der Waals surface area contributed by atoms with Gasteiger partial charge in [-0.2, -0.15) is 0 Å². The first-order valence-corrected chi connectivity index (χ1v) is 8.86. The van der Waals surface area contributed by atoms with Gasteiger partial charge in [-0.3, -0.25) is 9.78 Å². The molecule has 2 aromatic rings.